The van der Waals surface area contributed by atoms with Crippen molar-refractivity contribution in [3.63, 3.8) is 0 Å². The van der Waals surface area contributed by atoms with Crippen molar-refractivity contribution in [1.29, 1.82) is 0 Å². The van der Waals surface area contributed by atoms with Crippen molar-refractivity contribution in [3.05, 3.63) is 0 Å². The minimum atomic E-state index is -4.61. The van der Waals surface area contributed by atoms with Crippen molar-refractivity contribution in [1.82, 2.24) is 0 Å². The Hall–Kier alpha value is 1.06. The molecule has 54 valence electrons. The van der Waals surface area contributed by atoms with Crippen LogP contribution in [0.2, 0.25) is 0 Å². The average Bonchev–Trinajstić information content (AvgIpc) is 0.722. The van der Waals surface area contributed by atoms with Crippen LogP contribution in [0.25, 0.3) is 0 Å². The molecule has 0 amide bonds. The van der Waals surface area contributed by atoms with Crippen molar-refractivity contribution in [2.24, 2.45) is 0 Å². The molecule has 0 saturated carbocycles. The fourth-order valence-electron chi connectivity index (χ4n) is 0. The molecule has 0 aliphatic carbocycles. The molecule has 0 aromatic rings. The van der Waals surface area contributed by atoms with Gasteiger partial charge in [0.15, 0.2) is 17.4 Å². The molecule has 0 aromatic carbocycles. The summed E-state index contributed by atoms with van der Waals surface area (Å²) < 4.78 is 0. The second-order valence-electron chi connectivity index (χ2n) is 0.600. The summed E-state index contributed by atoms with van der Waals surface area (Å²) in [5.41, 5.74) is 0. The first kappa shape index (κ1) is 23.0. The van der Waals surface area contributed by atoms with Gasteiger partial charge in [0.1, 0.15) is 0 Å². The van der Waals surface area contributed by atoms with Crippen molar-refractivity contribution < 1.29 is 23.9 Å². The molecule has 0 aromatic heterocycles. The van der Waals surface area contributed by atoms with Crippen molar-refractivity contribution in [3.8, 4) is 0 Å². The van der Waals surface area contributed by atoms with E-state index in [9.17, 15) is 0 Å². The van der Waals surface area contributed by atoms with Crippen LogP contribution in [0.1, 0.15) is 0 Å². The van der Waals surface area contributed by atoms with Crippen LogP contribution in [0.3, 0.4) is 0 Å². The van der Waals surface area contributed by atoms with Gasteiger partial charge >= 0.3 is 26.6 Å². The summed E-state index contributed by atoms with van der Waals surface area (Å²) in [6.07, 6.45) is 0. The number of hydrogen-bond donors (Lipinski definition) is 4. The van der Waals surface area contributed by atoms with E-state index in [0.29, 0.717) is 0 Å². The van der Waals surface area contributed by atoms with E-state index in [-0.39, 0.29) is 39.7 Å². The summed E-state index contributed by atoms with van der Waals surface area (Å²) in [7, 11) is -4.61. The Balaban J connectivity index is -0.0000000267. The zero-order valence-electron chi connectivity index (χ0n) is 2.70. The molecule has 0 saturated heterocycles. The molecular weight excluding hydrogens is 211 g/mol. The van der Waals surface area contributed by atoms with Crippen LogP contribution in [0.15, 0.2) is 0 Å². The van der Waals surface area contributed by atoms with E-state index in [0.717, 1.165) is 0 Å². The van der Waals surface area contributed by atoms with E-state index in [1.165, 1.54) is 0 Å². The quantitative estimate of drug-likeness (QED) is 0.309. The molecule has 0 radical (unpaired) electrons. The minimum absolute atomic E-state index is 0. The van der Waals surface area contributed by atoms with Crippen LogP contribution >= 0.6 is 0 Å². The van der Waals surface area contributed by atoms with Crippen LogP contribution in [-0.4, -0.2) is 63.2 Å². The molecule has 0 atom stereocenters. The zero-order chi connectivity index (χ0) is 4.50. The van der Waals surface area contributed by atoms with Gasteiger partial charge in [0, 0.05) is 0 Å². The van der Waals surface area contributed by atoms with Gasteiger partial charge in [-0.25, -0.2) is 0 Å². The van der Waals surface area contributed by atoms with Gasteiger partial charge in [-0.1, -0.05) is 0 Å². The van der Waals surface area contributed by atoms with E-state index in [2.05, 4.69) is 0 Å². The summed E-state index contributed by atoms with van der Waals surface area (Å²) >= 11 is 0. The van der Waals surface area contributed by atoms with Crippen LogP contribution in [0.4, 0.5) is 4.70 Å². The Bertz CT molecular complexity index is 31.5. The van der Waals surface area contributed by atoms with Crippen LogP contribution in [0.5, 0.6) is 0 Å². The monoisotopic (exact) mass is 224 g/mol. The fourth-order valence-corrected chi connectivity index (χ4v) is 0. The predicted octanol–water partition coefficient (Wildman–Crippen LogP) is -5.09. The molecule has 0 spiro atoms. The van der Waals surface area contributed by atoms with Crippen LogP contribution < -0.4 is 0 Å². The Morgan fingerprint density at radius 1 is 0.875 bits per heavy atom. The first-order valence-corrected chi connectivity index (χ1v) is 2.68. The number of hydrogen-bond acceptors (Lipinski definition) is 4. The molecule has 0 aliphatic heterocycles. The first-order chi connectivity index (χ1) is 2.00. The van der Waals surface area contributed by atoms with E-state index < -0.39 is 9.05 Å². The average molecular weight is 223 g/mol. The van der Waals surface area contributed by atoms with E-state index in [4.69, 9.17) is 19.2 Å². The van der Waals surface area contributed by atoms with Crippen molar-refractivity contribution >= 4 is 44.0 Å². The Kier molecular flexibility index (Phi) is 23.2. The van der Waals surface area contributed by atoms with E-state index in [1.807, 2.05) is 0 Å². The van der Waals surface area contributed by atoms with Crippen LogP contribution in [0, 0.1) is 0 Å². The summed E-state index contributed by atoms with van der Waals surface area (Å²) in [5, 5.41) is 0. The molecule has 0 bridgehead atoms. The summed E-state index contributed by atoms with van der Waals surface area (Å²) in [6, 6.07) is 0. The SMILES string of the molecule is F.O[Si](O)(O)O.[AlH3].[GeH4]. The number of halogens is 1. The molecule has 8 heavy (non-hydrogen) atoms. The standard InChI is InChI=1S/Al.FH.GeH4.H4O4Si.3H/c;;;1-5(2,3)4;;;/h;1H;1H4;1-4H;;;. The third-order valence-electron chi connectivity index (χ3n) is 0. The van der Waals surface area contributed by atoms with Gasteiger partial charge < -0.3 is 19.2 Å². The molecule has 0 fully saturated rings. The number of rotatable bonds is 0. The molecule has 4 N–H and O–H groups in total. The molecule has 0 rings (SSSR count). The van der Waals surface area contributed by atoms with Gasteiger partial charge in [0.25, 0.3) is 0 Å². The second-order valence-corrected chi connectivity index (χ2v) is 1.80. The first-order valence-electron chi connectivity index (χ1n) is 0.894. The van der Waals surface area contributed by atoms with Gasteiger partial charge in [-0.2, -0.15) is 0 Å². The third-order valence-corrected chi connectivity index (χ3v) is 0. The van der Waals surface area contributed by atoms with E-state index >= 15 is 0 Å². The fraction of sp³-hybridized carbons (Fsp3) is 0. The Labute approximate surface area is 68.1 Å². The molecule has 8 heteroatoms. The van der Waals surface area contributed by atoms with Gasteiger partial charge in [-0.3, -0.25) is 4.70 Å². The maximum absolute atomic E-state index is 7.33. The van der Waals surface area contributed by atoms with Gasteiger partial charge in [-0.05, 0) is 0 Å². The summed E-state index contributed by atoms with van der Waals surface area (Å²) in [5.74, 6) is 0. The van der Waals surface area contributed by atoms with Crippen molar-refractivity contribution in [2.75, 3.05) is 0 Å². The maximum atomic E-state index is 7.33. The van der Waals surface area contributed by atoms with Gasteiger partial charge in [0.05, 0.1) is 0 Å². The predicted molar refractivity (Wildman–Crippen MR) is 38.4 cm³/mol. The summed E-state index contributed by atoms with van der Waals surface area (Å²) in [6.45, 7) is 0. The Morgan fingerprint density at radius 2 is 0.875 bits per heavy atom. The molecule has 0 aliphatic rings. The zero-order valence-corrected chi connectivity index (χ0v) is 3.70. The van der Waals surface area contributed by atoms with Gasteiger partial charge in [0.2, 0.25) is 0 Å². The normalized spacial score (nSPS) is 7.50. The Morgan fingerprint density at radius 3 is 0.875 bits per heavy atom. The summed E-state index contributed by atoms with van der Waals surface area (Å²) in [4.78, 5) is 29.3. The molecule has 4 nitrogen and oxygen atoms in total. The molecule has 0 heterocycles. The van der Waals surface area contributed by atoms with Crippen molar-refractivity contribution in [2.45, 2.75) is 0 Å². The van der Waals surface area contributed by atoms with Crippen LogP contribution in [-0.2, 0) is 0 Å². The van der Waals surface area contributed by atoms with Gasteiger partial charge in [-0.15, -0.1) is 0 Å². The molecular formula is H12AlFGeO4Si. The second kappa shape index (κ2) is 8.06. The van der Waals surface area contributed by atoms with E-state index in [1.54, 1.807) is 0 Å². The molecule has 0 unspecified atom stereocenters. The third kappa shape index (κ3) is 230. The topological polar surface area (TPSA) is 80.9 Å².